The summed E-state index contributed by atoms with van der Waals surface area (Å²) in [7, 11) is 0. The maximum Gasteiger partial charge on any atom is 0.119 e. The zero-order valence-corrected chi connectivity index (χ0v) is 12.3. The highest BCUT2D eigenvalue weighted by atomic mass is 16.5. The summed E-state index contributed by atoms with van der Waals surface area (Å²) < 4.78 is 5.36. The SMILES string of the molecule is Oc1cc(O)cc(/C=C/c2ccc(N3CCOCC3)cc2)c1. The zero-order valence-electron chi connectivity index (χ0n) is 12.3. The Kier molecular flexibility index (Phi) is 4.30. The van der Waals surface area contributed by atoms with Gasteiger partial charge in [0.15, 0.2) is 0 Å². The van der Waals surface area contributed by atoms with Crippen LogP contribution in [0, 0.1) is 0 Å². The molecule has 22 heavy (non-hydrogen) atoms. The topological polar surface area (TPSA) is 52.9 Å². The third-order valence-electron chi connectivity index (χ3n) is 3.66. The molecule has 2 N–H and O–H groups in total. The zero-order chi connectivity index (χ0) is 15.4. The van der Waals surface area contributed by atoms with Crippen molar-refractivity contribution in [3.63, 3.8) is 0 Å². The summed E-state index contributed by atoms with van der Waals surface area (Å²) in [6.45, 7) is 3.42. The van der Waals surface area contributed by atoms with E-state index in [1.807, 2.05) is 12.2 Å². The molecule has 0 aliphatic carbocycles. The first-order chi connectivity index (χ1) is 10.7. The molecular weight excluding hydrogens is 278 g/mol. The monoisotopic (exact) mass is 297 g/mol. The fourth-order valence-electron chi connectivity index (χ4n) is 2.52. The van der Waals surface area contributed by atoms with Gasteiger partial charge in [-0.05, 0) is 35.4 Å². The van der Waals surface area contributed by atoms with Crippen LogP contribution in [0.1, 0.15) is 11.1 Å². The molecule has 0 radical (unpaired) electrons. The second kappa shape index (κ2) is 6.54. The second-order valence-corrected chi connectivity index (χ2v) is 5.31. The summed E-state index contributed by atoms with van der Waals surface area (Å²) in [5.41, 5.74) is 3.03. The van der Waals surface area contributed by atoms with Gasteiger partial charge in [0.05, 0.1) is 13.2 Å². The van der Waals surface area contributed by atoms with Crippen molar-refractivity contribution >= 4 is 17.8 Å². The third-order valence-corrected chi connectivity index (χ3v) is 3.66. The van der Waals surface area contributed by atoms with Gasteiger partial charge in [-0.3, -0.25) is 0 Å². The van der Waals surface area contributed by atoms with E-state index in [1.165, 1.54) is 11.8 Å². The van der Waals surface area contributed by atoms with Gasteiger partial charge in [-0.15, -0.1) is 0 Å². The number of rotatable bonds is 3. The fraction of sp³-hybridized carbons (Fsp3) is 0.222. The lowest BCUT2D eigenvalue weighted by Gasteiger charge is -2.28. The molecule has 4 heteroatoms. The van der Waals surface area contributed by atoms with E-state index in [0.29, 0.717) is 0 Å². The molecule has 0 unspecified atom stereocenters. The first-order valence-electron chi connectivity index (χ1n) is 7.34. The summed E-state index contributed by atoms with van der Waals surface area (Å²) >= 11 is 0. The van der Waals surface area contributed by atoms with Gasteiger partial charge in [-0.2, -0.15) is 0 Å². The summed E-state index contributed by atoms with van der Waals surface area (Å²) in [5, 5.41) is 18.9. The molecule has 0 bridgehead atoms. The molecule has 1 heterocycles. The minimum absolute atomic E-state index is 0.0577. The van der Waals surface area contributed by atoms with E-state index in [-0.39, 0.29) is 11.5 Å². The highest BCUT2D eigenvalue weighted by molar-refractivity contribution is 5.71. The fourth-order valence-corrected chi connectivity index (χ4v) is 2.52. The maximum atomic E-state index is 9.46. The Morgan fingerprint density at radius 2 is 1.41 bits per heavy atom. The van der Waals surface area contributed by atoms with Crippen molar-refractivity contribution in [3.8, 4) is 11.5 Å². The Bertz CT molecular complexity index is 638. The van der Waals surface area contributed by atoms with E-state index in [9.17, 15) is 10.2 Å². The lowest BCUT2D eigenvalue weighted by atomic mass is 10.1. The molecule has 1 fully saturated rings. The Hall–Kier alpha value is -2.46. The molecule has 2 aromatic rings. The van der Waals surface area contributed by atoms with E-state index >= 15 is 0 Å². The number of aromatic hydroxyl groups is 2. The smallest absolute Gasteiger partial charge is 0.119 e. The molecule has 0 aromatic heterocycles. The highest BCUT2D eigenvalue weighted by Crippen LogP contribution is 2.22. The van der Waals surface area contributed by atoms with Crippen LogP contribution in [0.4, 0.5) is 5.69 Å². The van der Waals surface area contributed by atoms with Crippen LogP contribution in [0.25, 0.3) is 12.2 Å². The van der Waals surface area contributed by atoms with Gasteiger partial charge in [0, 0.05) is 24.8 Å². The predicted molar refractivity (Wildman–Crippen MR) is 88.2 cm³/mol. The van der Waals surface area contributed by atoms with Crippen molar-refractivity contribution < 1.29 is 14.9 Å². The number of phenols is 2. The van der Waals surface area contributed by atoms with Gasteiger partial charge >= 0.3 is 0 Å². The summed E-state index contributed by atoms with van der Waals surface area (Å²) in [4.78, 5) is 2.31. The molecule has 4 nitrogen and oxygen atoms in total. The van der Waals surface area contributed by atoms with Crippen LogP contribution in [-0.2, 0) is 4.74 Å². The van der Waals surface area contributed by atoms with E-state index in [0.717, 1.165) is 37.4 Å². The Labute approximate surface area is 129 Å². The van der Waals surface area contributed by atoms with Crippen LogP contribution in [0.5, 0.6) is 11.5 Å². The quantitative estimate of drug-likeness (QED) is 0.855. The number of anilines is 1. The first kappa shape index (κ1) is 14.5. The average Bonchev–Trinajstić information content (AvgIpc) is 2.53. The van der Waals surface area contributed by atoms with Crippen molar-refractivity contribution in [1.82, 2.24) is 0 Å². The van der Waals surface area contributed by atoms with Crippen LogP contribution in [0.2, 0.25) is 0 Å². The molecule has 0 saturated carbocycles. The largest absolute Gasteiger partial charge is 0.508 e. The Balaban J connectivity index is 1.71. The number of phenolic OH excluding ortho intramolecular Hbond substituents is 2. The van der Waals surface area contributed by atoms with Crippen molar-refractivity contribution in [2.75, 3.05) is 31.2 Å². The van der Waals surface area contributed by atoms with E-state index in [2.05, 4.69) is 29.2 Å². The maximum absolute atomic E-state index is 9.46. The minimum Gasteiger partial charge on any atom is -0.508 e. The van der Waals surface area contributed by atoms with Gasteiger partial charge in [0.2, 0.25) is 0 Å². The molecule has 1 aliphatic heterocycles. The van der Waals surface area contributed by atoms with Crippen LogP contribution in [-0.4, -0.2) is 36.5 Å². The van der Waals surface area contributed by atoms with Crippen LogP contribution in [0.3, 0.4) is 0 Å². The normalized spacial score (nSPS) is 15.4. The van der Waals surface area contributed by atoms with E-state index in [1.54, 1.807) is 12.1 Å². The summed E-state index contributed by atoms with van der Waals surface area (Å²) in [6.07, 6.45) is 3.82. The molecular formula is C18H19NO3. The van der Waals surface area contributed by atoms with Gasteiger partial charge in [0.1, 0.15) is 11.5 Å². The molecule has 0 amide bonds. The molecule has 0 atom stereocenters. The van der Waals surface area contributed by atoms with Gasteiger partial charge in [-0.25, -0.2) is 0 Å². The van der Waals surface area contributed by atoms with Crippen LogP contribution < -0.4 is 4.90 Å². The standard InChI is InChI=1S/C18H19NO3/c20-17-11-15(12-18(21)13-17)2-1-14-3-5-16(6-4-14)19-7-9-22-10-8-19/h1-6,11-13,20-21H,7-10H2/b2-1+. The van der Waals surface area contributed by atoms with Crippen molar-refractivity contribution in [3.05, 3.63) is 53.6 Å². The third kappa shape index (κ3) is 3.59. The van der Waals surface area contributed by atoms with Gasteiger partial charge < -0.3 is 19.8 Å². The number of nitrogens with zero attached hydrogens (tertiary/aromatic N) is 1. The predicted octanol–water partition coefficient (Wildman–Crippen LogP) is 3.10. The molecule has 1 saturated heterocycles. The summed E-state index contributed by atoms with van der Waals surface area (Å²) in [5.74, 6) is 0.115. The van der Waals surface area contributed by atoms with E-state index in [4.69, 9.17) is 4.74 Å². The number of ether oxygens (including phenoxy) is 1. The molecule has 0 spiro atoms. The first-order valence-corrected chi connectivity index (χ1v) is 7.34. The lowest BCUT2D eigenvalue weighted by Crippen LogP contribution is -2.36. The number of hydrogen-bond acceptors (Lipinski definition) is 4. The minimum atomic E-state index is 0.0577. The van der Waals surface area contributed by atoms with Crippen LogP contribution >= 0.6 is 0 Å². The average molecular weight is 297 g/mol. The Morgan fingerprint density at radius 1 is 0.818 bits per heavy atom. The number of benzene rings is 2. The molecule has 2 aromatic carbocycles. The number of hydrogen-bond donors (Lipinski definition) is 2. The van der Waals surface area contributed by atoms with Crippen molar-refractivity contribution in [1.29, 1.82) is 0 Å². The lowest BCUT2D eigenvalue weighted by molar-refractivity contribution is 0.122. The second-order valence-electron chi connectivity index (χ2n) is 5.31. The van der Waals surface area contributed by atoms with Gasteiger partial charge in [0.25, 0.3) is 0 Å². The van der Waals surface area contributed by atoms with Crippen molar-refractivity contribution in [2.24, 2.45) is 0 Å². The van der Waals surface area contributed by atoms with Crippen molar-refractivity contribution in [2.45, 2.75) is 0 Å². The summed E-state index contributed by atoms with van der Waals surface area (Å²) in [6, 6.07) is 12.9. The van der Waals surface area contributed by atoms with Crippen LogP contribution in [0.15, 0.2) is 42.5 Å². The molecule has 1 aliphatic rings. The molecule has 114 valence electrons. The van der Waals surface area contributed by atoms with Gasteiger partial charge in [-0.1, -0.05) is 24.3 Å². The number of morpholine rings is 1. The Morgan fingerprint density at radius 3 is 2.05 bits per heavy atom. The molecule has 3 rings (SSSR count). The van der Waals surface area contributed by atoms with E-state index < -0.39 is 0 Å². The highest BCUT2D eigenvalue weighted by Gasteiger charge is 2.10.